The Bertz CT molecular complexity index is 1200. The molecule has 3 N–H and O–H groups in total. The van der Waals surface area contributed by atoms with Crippen molar-refractivity contribution in [1.82, 2.24) is 10.2 Å². The average molecular weight is 460 g/mol. The van der Waals surface area contributed by atoms with Crippen LogP contribution in [0.2, 0.25) is 0 Å². The van der Waals surface area contributed by atoms with Crippen molar-refractivity contribution in [2.45, 2.75) is 61.6 Å². The van der Waals surface area contributed by atoms with Gasteiger partial charge in [0.15, 0.2) is 23.4 Å². The second-order valence-electron chi connectivity index (χ2n) is 10.7. The van der Waals surface area contributed by atoms with Crippen LogP contribution in [0.15, 0.2) is 42.5 Å². The molecule has 2 aliphatic heterocycles. The fourth-order valence-electron chi connectivity index (χ4n) is 7.45. The molecule has 0 aromatic heterocycles. The molecule has 2 bridgehead atoms. The van der Waals surface area contributed by atoms with Gasteiger partial charge in [0.25, 0.3) is 0 Å². The van der Waals surface area contributed by atoms with E-state index in [9.17, 15) is 14.7 Å². The van der Waals surface area contributed by atoms with Gasteiger partial charge in [0.05, 0.1) is 11.0 Å². The third kappa shape index (κ3) is 2.62. The Kier molecular flexibility index (Phi) is 4.17. The van der Waals surface area contributed by atoms with Gasteiger partial charge in [-0.2, -0.15) is 0 Å². The molecule has 3 fully saturated rings. The van der Waals surface area contributed by atoms with E-state index in [1.165, 1.54) is 12.8 Å². The van der Waals surface area contributed by atoms with Crippen molar-refractivity contribution < 1.29 is 19.4 Å². The molecule has 1 spiro atoms. The highest BCUT2D eigenvalue weighted by molar-refractivity contribution is 5.93. The number of likely N-dealkylation sites (tertiary alicyclic amines) is 1. The largest absolute Gasteiger partial charge is 0.504 e. The maximum Gasteiger partial charge on any atom is 0.319 e. The Labute approximate surface area is 198 Å². The smallest absolute Gasteiger partial charge is 0.319 e. The number of para-hydroxylation sites is 1. The summed E-state index contributed by atoms with van der Waals surface area (Å²) in [6, 6.07) is 12.9. The highest BCUT2D eigenvalue weighted by Crippen LogP contribution is 2.65. The molecule has 1 unspecified atom stereocenters. The van der Waals surface area contributed by atoms with Crippen LogP contribution in [-0.2, 0) is 16.6 Å². The van der Waals surface area contributed by atoms with Gasteiger partial charge in [-0.05, 0) is 68.3 Å². The molecule has 7 heteroatoms. The molecule has 4 atom stereocenters. The molecule has 7 rings (SSSR count). The summed E-state index contributed by atoms with van der Waals surface area (Å²) in [5.41, 5.74) is 1.51. The molecule has 2 aromatic rings. The molecule has 7 nitrogen and oxygen atoms in total. The first-order valence-corrected chi connectivity index (χ1v) is 12.4. The number of phenols is 1. The van der Waals surface area contributed by atoms with Crippen LogP contribution in [0.3, 0.4) is 0 Å². The lowest BCUT2D eigenvalue weighted by molar-refractivity contribution is -0.143. The third-order valence-corrected chi connectivity index (χ3v) is 8.98. The summed E-state index contributed by atoms with van der Waals surface area (Å²) in [7, 11) is 0. The average Bonchev–Trinajstić information content (AvgIpc) is 3.57. The Morgan fingerprint density at radius 1 is 1.15 bits per heavy atom. The fourth-order valence-corrected chi connectivity index (χ4v) is 7.45. The second-order valence-corrected chi connectivity index (χ2v) is 10.7. The Morgan fingerprint density at radius 3 is 2.76 bits per heavy atom. The number of ether oxygens (including phenoxy) is 1. The number of rotatable bonds is 4. The number of aromatic hydroxyl groups is 1. The minimum Gasteiger partial charge on any atom is -0.504 e. The van der Waals surface area contributed by atoms with Crippen LogP contribution in [0.5, 0.6) is 11.5 Å². The van der Waals surface area contributed by atoms with Gasteiger partial charge in [-0.1, -0.05) is 24.3 Å². The van der Waals surface area contributed by atoms with E-state index in [0.29, 0.717) is 18.6 Å². The standard InChI is InChI=1S/C27H29N3O4/c31-19-9-8-17-14-21-27(29-25(33)28-18-4-2-1-3-5-18)11-10-20(32)24-26(27,22(17)23(19)34-24)12-13-30(21)15-16-6-7-16/h1-5,8-9,16,21,24,31H,6-7,10-15H2,(H2,28,29,33)/t21-,24+,26?,27-/m1/s1. The van der Waals surface area contributed by atoms with Gasteiger partial charge < -0.3 is 20.5 Å². The number of carbonyl (C=O) groups excluding carboxylic acids is 2. The lowest BCUT2D eigenvalue weighted by atomic mass is 9.47. The number of benzene rings is 2. The van der Waals surface area contributed by atoms with Gasteiger partial charge in [-0.25, -0.2) is 4.79 Å². The first kappa shape index (κ1) is 20.3. The number of urea groups is 1. The van der Waals surface area contributed by atoms with Gasteiger partial charge in [0.1, 0.15) is 0 Å². The summed E-state index contributed by atoms with van der Waals surface area (Å²) in [4.78, 5) is 29.3. The second kappa shape index (κ2) is 6.98. The topological polar surface area (TPSA) is 90.9 Å². The molecular formula is C27H29N3O4. The van der Waals surface area contributed by atoms with E-state index in [4.69, 9.17) is 4.74 Å². The van der Waals surface area contributed by atoms with Gasteiger partial charge in [-0.15, -0.1) is 0 Å². The number of carbonyl (C=O) groups is 2. The minimum atomic E-state index is -0.675. The summed E-state index contributed by atoms with van der Waals surface area (Å²) in [6.45, 7) is 1.90. The molecular weight excluding hydrogens is 430 g/mol. The summed E-state index contributed by atoms with van der Waals surface area (Å²) in [5.74, 6) is 1.32. The molecule has 5 aliphatic rings. The van der Waals surface area contributed by atoms with Crippen LogP contribution in [0.25, 0.3) is 0 Å². The van der Waals surface area contributed by atoms with E-state index in [1.807, 2.05) is 36.4 Å². The zero-order valence-electron chi connectivity index (χ0n) is 19.0. The summed E-state index contributed by atoms with van der Waals surface area (Å²) >= 11 is 0. The molecule has 2 aromatic carbocycles. The van der Waals surface area contributed by atoms with Crippen molar-refractivity contribution in [3.8, 4) is 11.5 Å². The summed E-state index contributed by atoms with van der Waals surface area (Å²) in [6.07, 6.45) is 4.29. The van der Waals surface area contributed by atoms with Crippen molar-refractivity contribution in [3.05, 3.63) is 53.6 Å². The number of amides is 2. The van der Waals surface area contributed by atoms with Gasteiger partial charge in [0.2, 0.25) is 0 Å². The predicted octanol–water partition coefficient (Wildman–Crippen LogP) is 3.35. The van der Waals surface area contributed by atoms with Crippen molar-refractivity contribution >= 4 is 17.5 Å². The van der Waals surface area contributed by atoms with E-state index in [-0.39, 0.29) is 23.6 Å². The van der Waals surface area contributed by atoms with Crippen molar-refractivity contribution in [2.75, 3.05) is 18.4 Å². The lowest BCUT2D eigenvalue weighted by Crippen LogP contribution is -2.82. The molecule has 3 aliphatic carbocycles. The van der Waals surface area contributed by atoms with Gasteiger partial charge in [-0.3, -0.25) is 9.69 Å². The Hall–Kier alpha value is -3.06. The van der Waals surface area contributed by atoms with Gasteiger partial charge >= 0.3 is 6.03 Å². The Morgan fingerprint density at radius 2 is 1.97 bits per heavy atom. The SMILES string of the molecule is O=C(Nc1ccccc1)N[C@@]12CCC(=O)[C@@H]3Oc4c(O)ccc5c4C31CCN(CC1CC1)[C@@H]2C5. The number of nitrogens with zero attached hydrogens (tertiary/aromatic N) is 1. The van der Waals surface area contributed by atoms with E-state index in [0.717, 1.165) is 48.7 Å². The normalized spacial score (nSPS) is 33.1. The highest BCUT2D eigenvalue weighted by atomic mass is 16.5. The minimum absolute atomic E-state index is 0.0683. The lowest BCUT2D eigenvalue weighted by Gasteiger charge is -2.65. The Balaban J connectivity index is 1.37. The van der Waals surface area contributed by atoms with Crippen LogP contribution >= 0.6 is 0 Å². The first-order chi connectivity index (χ1) is 16.5. The third-order valence-electron chi connectivity index (χ3n) is 8.98. The number of anilines is 1. The molecule has 2 saturated carbocycles. The number of hydrogen-bond acceptors (Lipinski definition) is 5. The predicted molar refractivity (Wildman–Crippen MR) is 126 cm³/mol. The monoisotopic (exact) mass is 459 g/mol. The van der Waals surface area contributed by atoms with E-state index in [1.54, 1.807) is 6.07 Å². The van der Waals surface area contributed by atoms with Crippen LogP contribution in [0, 0.1) is 5.92 Å². The molecule has 0 radical (unpaired) electrons. The quantitative estimate of drug-likeness (QED) is 0.652. The van der Waals surface area contributed by atoms with Crippen LogP contribution in [0.1, 0.15) is 43.2 Å². The maximum atomic E-state index is 13.5. The number of Topliss-reactive ketones (excluding diaryl/α,β-unsaturated/α-hetero) is 1. The van der Waals surface area contributed by atoms with Crippen molar-refractivity contribution in [3.63, 3.8) is 0 Å². The number of piperidine rings is 1. The van der Waals surface area contributed by atoms with Crippen molar-refractivity contribution in [1.29, 1.82) is 0 Å². The zero-order valence-corrected chi connectivity index (χ0v) is 19.0. The fraction of sp³-hybridized carbons (Fsp3) is 0.481. The van der Waals surface area contributed by atoms with Gasteiger partial charge in [0, 0.05) is 30.3 Å². The summed E-state index contributed by atoms with van der Waals surface area (Å²) in [5, 5.41) is 17.1. The number of phenolic OH excluding ortho intramolecular Hbond substituents is 1. The van der Waals surface area contributed by atoms with E-state index >= 15 is 0 Å². The van der Waals surface area contributed by atoms with E-state index in [2.05, 4.69) is 15.5 Å². The number of ketones is 1. The summed E-state index contributed by atoms with van der Waals surface area (Å²) < 4.78 is 6.29. The molecule has 176 valence electrons. The van der Waals surface area contributed by atoms with Crippen molar-refractivity contribution in [2.24, 2.45) is 5.92 Å². The molecule has 1 saturated heterocycles. The first-order valence-electron chi connectivity index (χ1n) is 12.4. The van der Waals surface area contributed by atoms with Crippen LogP contribution < -0.4 is 15.4 Å². The maximum absolute atomic E-state index is 13.5. The number of nitrogens with one attached hydrogen (secondary N) is 2. The molecule has 2 heterocycles. The number of hydrogen-bond donors (Lipinski definition) is 3. The highest BCUT2D eigenvalue weighted by Gasteiger charge is 2.74. The molecule has 34 heavy (non-hydrogen) atoms. The van der Waals surface area contributed by atoms with Crippen LogP contribution in [0.4, 0.5) is 10.5 Å². The van der Waals surface area contributed by atoms with E-state index < -0.39 is 17.1 Å². The zero-order chi connectivity index (χ0) is 23.1. The molecule has 2 amide bonds. The van der Waals surface area contributed by atoms with Crippen LogP contribution in [-0.4, -0.2) is 52.6 Å².